The van der Waals surface area contributed by atoms with E-state index in [-0.39, 0.29) is 17.9 Å². The van der Waals surface area contributed by atoms with E-state index in [0.29, 0.717) is 12.1 Å². The number of nitrogens with two attached hydrogens (primary N) is 1. The number of likely N-dealkylation sites (tertiary alicyclic amines) is 1. The molecule has 0 saturated carbocycles. The standard InChI is InChI=1S/C14H29N3O/c1-5-11(4)13(15)14(18)16-12-6-8-17(9-7-12)10(2)3/h10-13H,5-9,15H2,1-4H3,(H,16,18)/t11-,13-/m0/s1. The highest BCUT2D eigenvalue weighted by Gasteiger charge is 2.25. The van der Waals surface area contributed by atoms with Gasteiger partial charge in [-0.1, -0.05) is 20.3 Å². The van der Waals surface area contributed by atoms with Crippen molar-refractivity contribution in [3.05, 3.63) is 0 Å². The third kappa shape index (κ3) is 4.25. The topological polar surface area (TPSA) is 58.4 Å². The summed E-state index contributed by atoms with van der Waals surface area (Å²) in [4.78, 5) is 14.4. The molecule has 0 aliphatic carbocycles. The first-order valence-corrected chi connectivity index (χ1v) is 7.25. The molecule has 0 aromatic heterocycles. The first-order chi connectivity index (χ1) is 8.45. The lowest BCUT2D eigenvalue weighted by atomic mass is 9.98. The Bertz CT molecular complexity index is 260. The third-order valence-electron chi connectivity index (χ3n) is 4.17. The lowest BCUT2D eigenvalue weighted by Gasteiger charge is -2.35. The molecule has 1 aliphatic rings. The third-order valence-corrected chi connectivity index (χ3v) is 4.17. The molecule has 18 heavy (non-hydrogen) atoms. The number of nitrogens with one attached hydrogen (secondary N) is 1. The smallest absolute Gasteiger partial charge is 0.237 e. The van der Waals surface area contributed by atoms with Gasteiger partial charge in [-0.05, 0) is 32.6 Å². The lowest BCUT2D eigenvalue weighted by Crippen LogP contribution is -2.52. The summed E-state index contributed by atoms with van der Waals surface area (Å²) in [5, 5.41) is 3.10. The zero-order valence-electron chi connectivity index (χ0n) is 12.3. The van der Waals surface area contributed by atoms with E-state index in [0.717, 1.165) is 32.4 Å². The average Bonchev–Trinajstić information content (AvgIpc) is 2.37. The Morgan fingerprint density at radius 1 is 1.33 bits per heavy atom. The number of carbonyl (C=O) groups is 1. The van der Waals surface area contributed by atoms with Crippen LogP contribution in [0.3, 0.4) is 0 Å². The van der Waals surface area contributed by atoms with Crippen molar-refractivity contribution in [2.75, 3.05) is 13.1 Å². The van der Waals surface area contributed by atoms with Gasteiger partial charge in [0.1, 0.15) is 0 Å². The minimum atomic E-state index is -0.363. The number of amides is 1. The Morgan fingerprint density at radius 2 is 1.89 bits per heavy atom. The van der Waals surface area contributed by atoms with E-state index >= 15 is 0 Å². The molecule has 0 bridgehead atoms. The summed E-state index contributed by atoms with van der Waals surface area (Å²) < 4.78 is 0. The SMILES string of the molecule is CC[C@H](C)[C@H](N)C(=O)NC1CCN(C(C)C)CC1. The summed E-state index contributed by atoms with van der Waals surface area (Å²) >= 11 is 0. The molecular formula is C14H29N3O. The van der Waals surface area contributed by atoms with Crippen molar-refractivity contribution in [2.24, 2.45) is 11.7 Å². The van der Waals surface area contributed by atoms with Crippen LogP contribution in [0.1, 0.15) is 47.0 Å². The van der Waals surface area contributed by atoms with Crippen LogP contribution in [0.2, 0.25) is 0 Å². The fourth-order valence-electron chi connectivity index (χ4n) is 2.37. The molecule has 2 atom stereocenters. The van der Waals surface area contributed by atoms with Gasteiger partial charge in [-0.2, -0.15) is 0 Å². The summed E-state index contributed by atoms with van der Waals surface area (Å²) in [5.74, 6) is 0.271. The van der Waals surface area contributed by atoms with Gasteiger partial charge < -0.3 is 16.0 Å². The fourth-order valence-corrected chi connectivity index (χ4v) is 2.37. The molecular weight excluding hydrogens is 226 g/mol. The summed E-state index contributed by atoms with van der Waals surface area (Å²) in [7, 11) is 0. The van der Waals surface area contributed by atoms with Crippen LogP contribution in [-0.4, -0.2) is 42.0 Å². The molecule has 1 saturated heterocycles. The highest BCUT2D eigenvalue weighted by Crippen LogP contribution is 2.13. The Morgan fingerprint density at radius 3 is 2.33 bits per heavy atom. The summed E-state index contributed by atoms with van der Waals surface area (Å²) in [5.41, 5.74) is 5.94. The molecule has 0 radical (unpaired) electrons. The van der Waals surface area contributed by atoms with Crippen LogP contribution in [0.4, 0.5) is 0 Å². The molecule has 1 aliphatic heterocycles. The van der Waals surface area contributed by atoms with Gasteiger partial charge in [-0.3, -0.25) is 4.79 Å². The molecule has 0 aromatic carbocycles. The zero-order valence-corrected chi connectivity index (χ0v) is 12.3. The van der Waals surface area contributed by atoms with Crippen molar-refractivity contribution >= 4 is 5.91 Å². The van der Waals surface area contributed by atoms with E-state index in [1.54, 1.807) is 0 Å². The number of rotatable bonds is 5. The fraction of sp³-hybridized carbons (Fsp3) is 0.929. The van der Waals surface area contributed by atoms with E-state index in [1.807, 2.05) is 6.92 Å². The monoisotopic (exact) mass is 255 g/mol. The average molecular weight is 255 g/mol. The number of piperidine rings is 1. The zero-order chi connectivity index (χ0) is 13.7. The van der Waals surface area contributed by atoms with Crippen LogP contribution >= 0.6 is 0 Å². The van der Waals surface area contributed by atoms with Crippen molar-refractivity contribution in [2.45, 2.75) is 65.1 Å². The van der Waals surface area contributed by atoms with Gasteiger partial charge in [-0.25, -0.2) is 0 Å². The van der Waals surface area contributed by atoms with Gasteiger partial charge >= 0.3 is 0 Å². The maximum Gasteiger partial charge on any atom is 0.237 e. The largest absolute Gasteiger partial charge is 0.352 e. The Labute approximate surface area is 111 Å². The van der Waals surface area contributed by atoms with E-state index in [1.165, 1.54) is 0 Å². The van der Waals surface area contributed by atoms with E-state index in [2.05, 4.69) is 31.0 Å². The predicted molar refractivity (Wildman–Crippen MR) is 75.3 cm³/mol. The van der Waals surface area contributed by atoms with Gasteiger partial charge in [0, 0.05) is 25.2 Å². The second-order valence-electron chi connectivity index (χ2n) is 5.82. The number of hydrogen-bond donors (Lipinski definition) is 2. The predicted octanol–water partition coefficient (Wildman–Crippen LogP) is 1.35. The van der Waals surface area contributed by atoms with Crippen LogP contribution in [-0.2, 0) is 4.79 Å². The summed E-state index contributed by atoms with van der Waals surface area (Å²) in [6, 6.07) is 0.546. The van der Waals surface area contributed by atoms with Crippen molar-refractivity contribution in [3.8, 4) is 0 Å². The van der Waals surface area contributed by atoms with Gasteiger partial charge in [0.05, 0.1) is 6.04 Å². The molecule has 4 nitrogen and oxygen atoms in total. The maximum absolute atomic E-state index is 12.0. The summed E-state index contributed by atoms with van der Waals surface area (Å²) in [6.45, 7) is 10.7. The molecule has 0 aromatic rings. The van der Waals surface area contributed by atoms with Crippen molar-refractivity contribution < 1.29 is 4.79 Å². The van der Waals surface area contributed by atoms with Crippen molar-refractivity contribution in [1.29, 1.82) is 0 Å². The second-order valence-corrected chi connectivity index (χ2v) is 5.82. The van der Waals surface area contributed by atoms with Crippen molar-refractivity contribution in [3.63, 3.8) is 0 Å². The molecule has 4 heteroatoms. The summed E-state index contributed by atoms with van der Waals surface area (Å²) in [6.07, 6.45) is 3.02. The van der Waals surface area contributed by atoms with Crippen LogP contribution in [0.25, 0.3) is 0 Å². The maximum atomic E-state index is 12.0. The van der Waals surface area contributed by atoms with Gasteiger partial charge in [0.15, 0.2) is 0 Å². The normalized spacial score (nSPS) is 21.9. The van der Waals surface area contributed by atoms with Crippen LogP contribution in [0.15, 0.2) is 0 Å². The number of carbonyl (C=O) groups excluding carboxylic acids is 1. The highest BCUT2D eigenvalue weighted by molar-refractivity contribution is 5.82. The second kappa shape index (κ2) is 7.10. The van der Waals surface area contributed by atoms with Crippen LogP contribution < -0.4 is 11.1 Å². The van der Waals surface area contributed by atoms with Gasteiger partial charge in [0.25, 0.3) is 0 Å². The minimum absolute atomic E-state index is 0.0207. The Balaban J connectivity index is 2.34. The highest BCUT2D eigenvalue weighted by atomic mass is 16.2. The molecule has 1 heterocycles. The quantitative estimate of drug-likeness (QED) is 0.779. The molecule has 0 spiro atoms. The number of nitrogens with zero attached hydrogens (tertiary/aromatic N) is 1. The molecule has 1 fully saturated rings. The Hall–Kier alpha value is -0.610. The number of hydrogen-bond acceptors (Lipinski definition) is 3. The Kier molecular flexibility index (Phi) is 6.09. The van der Waals surface area contributed by atoms with Gasteiger partial charge in [-0.15, -0.1) is 0 Å². The molecule has 1 rings (SSSR count). The molecule has 106 valence electrons. The molecule has 3 N–H and O–H groups in total. The first kappa shape index (κ1) is 15.4. The van der Waals surface area contributed by atoms with Gasteiger partial charge in [0.2, 0.25) is 5.91 Å². The minimum Gasteiger partial charge on any atom is -0.352 e. The van der Waals surface area contributed by atoms with E-state index in [9.17, 15) is 4.79 Å². The molecule has 0 unspecified atom stereocenters. The molecule has 1 amide bonds. The first-order valence-electron chi connectivity index (χ1n) is 7.25. The van der Waals surface area contributed by atoms with Crippen molar-refractivity contribution in [1.82, 2.24) is 10.2 Å². The van der Waals surface area contributed by atoms with E-state index in [4.69, 9.17) is 5.73 Å². The van der Waals surface area contributed by atoms with Crippen LogP contribution in [0.5, 0.6) is 0 Å². The lowest BCUT2D eigenvalue weighted by molar-refractivity contribution is -0.124. The van der Waals surface area contributed by atoms with Crippen LogP contribution in [0, 0.1) is 5.92 Å². The van der Waals surface area contributed by atoms with E-state index < -0.39 is 0 Å².